The molecule has 0 saturated carbocycles. The van der Waals surface area contributed by atoms with E-state index in [-0.39, 0.29) is 5.69 Å². The molecule has 0 radical (unpaired) electrons. The van der Waals surface area contributed by atoms with Crippen LogP contribution in [0.2, 0.25) is 0 Å². The molecule has 0 saturated heterocycles. The normalized spacial score (nSPS) is 10.6. The van der Waals surface area contributed by atoms with Crippen molar-refractivity contribution in [2.24, 2.45) is 0 Å². The van der Waals surface area contributed by atoms with Gasteiger partial charge in [-0.15, -0.1) is 0 Å². The van der Waals surface area contributed by atoms with Crippen LogP contribution < -0.4 is 5.73 Å². The predicted octanol–water partition coefficient (Wildman–Crippen LogP) is 2.72. The summed E-state index contributed by atoms with van der Waals surface area (Å²) < 4.78 is 6.51. The quantitative estimate of drug-likeness (QED) is 0.551. The molecule has 3 heterocycles. The number of nitriles is 1. The maximum absolute atomic E-state index is 12.4. The third-order valence-corrected chi connectivity index (χ3v) is 4.25. The molecule has 136 valence electrons. The van der Waals surface area contributed by atoms with Crippen LogP contribution in [0.5, 0.6) is 0 Å². The van der Waals surface area contributed by atoms with Gasteiger partial charge in [-0.25, -0.2) is 14.5 Å². The molecule has 4 aromatic rings. The van der Waals surface area contributed by atoms with E-state index in [2.05, 4.69) is 15.1 Å². The molecule has 0 spiro atoms. The largest absolute Gasteiger partial charge is 0.465 e. The second-order valence-corrected chi connectivity index (χ2v) is 6.00. The van der Waals surface area contributed by atoms with Crippen LogP contribution in [-0.2, 0) is 4.74 Å². The first-order valence-corrected chi connectivity index (χ1v) is 8.29. The third-order valence-electron chi connectivity index (χ3n) is 4.25. The molecule has 0 aliphatic heterocycles. The summed E-state index contributed by atoms with van der Waals surface area (Å²) in [6.07, 6.45) is 4.78. The summed E-state index contributed by atoms with van der Waals surface area (Å²) in [6, 6.07) is 12.4. The number of fused-ring (bicyclic) bond motifs is 1. The maximum Gasteiger partial charge on any atom is 0.338 e. The Morgan fingerprint density at radius 3 is 2.79 bits per heavy atom. The van der Waals surface area contributed by atoms with Gasteiger partial charge in [0, 0.05) is 23.3 Å². The SMILES string of the molecule is COC(=O)c1cc(-c2cncc(N)c2)cc2c1cnn2-c1cccc(C#N)n1. The monoisotopic (exact) mass is 370 g/mol. The van der Waals surface area contributed by atoms with E-state index in [0.717, 1.165) is 11.1 Å². The van der Waals surface area contributed by atoms with Crippen molar-refractivity contribution in [2.75, 3.05) is 12.8 Å². The lowest BCUT2D eigenvalue weighted by Crippen LogP contribution is -2.04. The number of carbonyl (C=O) groups excluding carboxylic acids is 1. The van der Waals surface area contributed by atoms with Crippen LogP contribution in [0.1, 0.15) is 16.1 Å². The second-order valence-electron chi connectivity index (χ2n) is 6.00. The molecule has 4 rings (SSSR count). The number of esters is 1. The van der Waals surface area contributed by atoms with Crippen LogP contribution >= 0.6 is 0 Å². The van der Waals surface area contributed by atoms with Gasteiger partial charge in [0.1, 0.15) is 11.8 Å². The molecular weight excluding hydrogens is 356 g/mol. The van der Waals surface area contributed by atoms with Gasteiger partial charge in [-0.3, -0.25) is 4.98 Å². The molecule has 8 nitrogen and oxygen atoms in total. The summed E-state index contributed by atoms with van der Waals surface area (Å²) >= 11 is 0. The minimum absolute atomic E-state index is 0.269. The fourth-order valence-electron chi connectivity index (χ4n) is 2.97. The zero-order valence-electron chi connectivity index (χ0n) is 14.8. The molecule has 0 fully saturated rings. The van der Waals surface area contributed by atoms with Crippen molar-refractivity contribution in [3.05, 3.63) is 66.2 Å². The number of benzene rings is 1. The average Bonchev–Trinajstić information content (AvgIpc) is 3.16. The van der Waals surface area contributed by atoms with Crippen molar-refractivity contribution in [1.82, 2.24) is 19.7 Å². The van der Waals surface area contributed by atoms with Crippen LogP contribution in [0.25, 0.3) is 27.8 Å². The Kier molecular flexibility index (Phi) is 4.18. The highest BCUT2D eigenvalue weighted by Gasteiger charge is 2.18. The fraction of sp³-hybridized carbons (Fsp3) is 0.0500. The van der Waals surface area contributed by atoms with Crippen LogP contribution in [0.3, 0.4) is 0 Å². The molecule has 0 aliphatic rings. The molecule has 8 heteroatoms. The van der Waals surface area contributed by atoms with E-state index in [4.69, 9.17) is 15.7 Å². The molecule has 0 amide bonds. The van der Waals surface area contributed by atoms with E-state index < -0.39 is 5.97 Å². The molecule has 28 heavy (non-hydrogen) atoms. The van der Waals surface area contributed by atoms with Crippen molar-refractivity contribution in [3.63, 3.8) is 0 Å². The summed E-state index contributed by atoms with van der Waals surface area (Å²) in [5, 5.41) is 14.1. The van der Waals surface area contributed by atoms with Crippen LogP contribution in [-0.4, -0.2) is 32.8 Å². The number of nitrogen functional groups attached to an aromatic ring is 1. The van der Waals surface area contributed by atoms with Gasteiger partial charge in [0.25, 0.3) is 0 Å². The number of ether oxygens (including phenoxy) is 1. The summed E-state index contributed by atoms with van der Waals surface area (Å²) in [6.45, 7) is 0. The number of methoxy groups -OCH3 is 1. The molecule has 2 N–H and O–H groups in total. The van der Waals surface area contributed by atoms with Gasteiger partial charge in [0.15, 0.2) is 5.82 Å². The number of nitrogens with two attached hydrogens (primary N) is 1. The van der Waals surface area contributed by atoms with Gasteiger partial charge in [-0.2, -0.15) is 10.4 Å². The highest BCUT2D eigenvalue weighted by Crippen LogP contribution is 2.30. The van der Waals surface area contributed by atoms with Crippen molar-refractivity contribution in [3.8, 4) is 23.0 Å². The fourth-order valence-corrected chi connectivity index (χ4v) is 2.97. The lowest BCUT2D eigenvalue weighted by Gasteiger charge is -2.09. The number of aromatic nitrogens is 4. The van der Waals surface area contributed by atoms with E-state index in [0.29, 0.717) is 28.0 Å². The number of hydrogen-bond acceptors (Lipinski definition) is 7. The Morgan fingerprint density at radius 1 is 1.18 bits per heavy atom. The molecule has 0 atom stereocenters. The summed E-state index contributed by atoms with van der Waals surface area (Å²) in [4.78, 5) is 20.8. The number of hydrogen-bond donors (Lipinski definition) is 1. The van der Waals surface area contributed by atoms with Gasteiger partial charge in [-0.1, -0.05) is 6.07 Å². The summed E-state index contributed by atoms with van der Waals surface area (Å²) in [5.74, 6) is -0.0188. The number of nitrogens with zero attached hydrogens (tertiary/aromatic N) is 5. The standard InChI is InChI=1S/C20H14N6O2/c1-28-20(27)16-6-12(13-5-14(22)10-23-9-13)7-18-17(16)11-24-26(18)19-4-2-3-15(8-21)25-19/h2-7,9-11H,22H2,1H3. The Morgan fingerprint density at radius 2 is 2.04 bits per heavy atom. The first-order chi connectivity index (χ1) is 13.6. The molecular formula is C20H14N6O2. The lowest BCUT2D eigenvalue weighted by atomic mass is 10.0. The molecule has 0 unspecified atom stereocenters. The van der Waals surface area contributed by atoms with Gasteiger partial charge < -0.3 is 10.5 Å². The zero-order valence-corrected chi connectivity index (χ0v) is 14.8. The maximum atomic E-state index is 12.4. The van der Waals surface area contributed by atoms with Gasteiger partial charge in [-0.05, 0) is 35.9 Å². The smallest absolute Gasteiger partial charge is 0.338 e. The summed E-state index contributed by atoms with van der Waals surface area (Å²) in [7, 11) is 1.32. The average molecular weight is 370 g/mol. The third kappa shape index (κ3) is 2.91. The topological polar surface area (TPSA) is 120 Å². The van der Waals surface area contributed by atoms with E-state index in [1.807, 2.05) is 12.1 Å². The number of anilines is 1. The Bertz CT molecular complexity index is 1260. The van der Waals surface area contributed by atoms with Crippen molar-refractivity contribution in [2.45, 2.75) is 0 Å². The van der Waals surface area contributed by atoms with Crippen molar-refractivity contribution >= 4 is 22.6 Å². The zero-order chi connectivity index (χ0) is 19.7. The highest BCUT2D eigenvalue weighted by atomic mass is 16.5. The number of carbonyl (C=O) groups is 1. The lowest BCUT2D eigenvalue weighted by molar-refractivity contribution is 0.0603. The first kappa shape index (κ1) is 17.2. The number of rotatable bonds is 3. The second kappa shape index (κ2) is 6.81. The van der Waals surface area contributed by atoms with E-state index >= 15 is 0 Å². The first-order valence-electron chi connectivity index (χ1n) is 8.29. The Balaban J connectivity index is 2.00. The van der Waals surface area contributed by atoms with Crippen molar-refractivity contribution in [1.29, 1.82) is 5.26 Å². The van der Waals surface area contributed by atoms with E-state index in [9.17, 15) is 4.79 Å². The van der Waals surface area contributed by atoms with Gasteiger partial charge in [0.2, 0.25) is 0 Å². The van der Waals surface area contributed by atoms with E-state index in [1.54, 1.807) is 53.6 Å². The van der Waals surface area contributed by atoms with Crippen LogP contribution in [0.4, 0.5) is 5.69 Å². The molecule has 0 bridgehead atoms. The minimum atomic E-state index is -0.484. The molecule has 3 aromatic heterocycles. The van der Waals surface area contributed by atoms with Crippen molar-refractivity contribution < 1.29 is 9.53 Å². The Hall–Kier alpha value is -4.25. The molecule has 0 aliphatic carbocycles. The molecule has 1 aromatic carbocycles. The summed E-state index contributed by atoms with van der Waals surface area (Å²) in [5.41, 5.74) is 9.11. The van der Waals surface area contributed by atoms with Gasteiger partial charge in [0.05, 0.1) is 30.1 Å². The Labute approximate surface area is 159 Å². The van der Waals surface area contributed by atoms with Crippen LogP contribution in [0.15, 0.2) is 55.0 Å². The number of pyridine rings is 2. The van der Waals surface area contributed by atoms with Gasteiger partial charge >= 0.3 is 5.97 Å². The predicted molar refractivity (Wildman–Crippen MR) is 103 cm³/mol. The minimum Gasteiger partial charge on any atom is -0.465 e. The van der Waals surface area contributed by atoms with Crippen LogP contribution in [0, 0.1) is 11.3 Å². The van der Waals surface area contributed by atoms with E-state index in [1.165, 1.54) is 7.11 Å². The highest BCUT2D eigenvalue weighted by molar-refractivity contribution is 6.05.